The van der Waals surface area contributed by atoms with Crippen LogP contribution in [-0.2, 0) is 0 Å². The SMILES string of the molecule is Cc1[nH]nc(C(=O)Nc2ccc(Br)cc2)c1C. The molecule has 4 nitrogen and oxygen atoms in total. The van der Waals surface area contributed by atoms with Crippen LogP contribution < -0.4 is 5.32 Å². The van der Waals surface area contributed by atoms with Gasteiger partial charge in [0.25, 0.3) is 5.91 Å². The van der Waals surface area contributed by atoms with Crippen molar-refractivity contribution in [1.82, 2.24) is 10.2 Å². The molecule has 0 spiro atoms. The maximum atomic E-state index is 11.9. The Morgan fingerprint density at radius 2 is 1.94 bits per heavy atom. The predicted octanol–water partition coefficient (Wildman–Crippen LogP) is 3.04. The molecule has 0 fully saturated rings. The number of rotatable bonds is 2. The highest BCUT2D eigenvalue weighted by molar-refractivity contribution is 9.10. The number of benzene rings is 1. The normalized spacial score (nSPS) is 10.3. The second-order valence-corrected chi connectivity index (χ2v) is 4.70. The van der Waals surface area contributed by atoms with E-state index in [1.54, 1.807) is 0 Å². The molecule has 1 heterocycles. The number of amides is 1. The first-order valence-electron chi connectivity index (χ1n) is 5.16. The summed E-state index contributed by atoms with van der Waals surface area (Å²) < 4.78 is 0.974. The van der Waals surface area contributed by atoms with Crippen LogP contribution in [0.3, 0.4) is 0 Å². The predicted molar refractivity (Wildman–Crippen MR) is 70.2 cm³/mol. The van der Waals surface area contributed by atoms with Crippen molar-refractivity contribution >= 4 is 27.5 Å². The van der Waals surface area contributed by atoms with Crippen LogP contribution in [0.1, 0.15) is 21.7 Å². The first-order chi connectivity index (χ1) is 8.08. The van der Waals surface area contributed by atoms with Gasteiger partial charge in [-0.05, 0) is 38.1 Å². The van der Waals surface area contributed by atoms with Gasteiger partial charge in [-0.2, -0.15) is 5.10 Å². The molecule has 0 unspecified atom stereocenters. The Hall–Kier alpha value is -1.62. The van der Waals surface area contributed by atoms with E-state index in [-0.39, 0.29) is 5.91 Å². The summed E-state index contributed by atoms with van der Waals surface area (Å²) in [5, 5.41) is 9.57. The number of nitrogens with zero attached hydrogens (tertiary/aromatic N) is 1. The average Bonchev–Trinajstić information content (AvgIpc) is 2.63. The van der Waals surface area contributed by atoms with E-state index in [9.17, 15) is 4.79 Å². The minimum absolute atomic E-state index is 0.200. The van der Waals surface area contributed by atoms with Gasteiger partial charge >= 0.3 is 0 Å². The molecule has 0 bridgehead atoms. The molecule has 0 aliphatic rings. The Labute approximate surface area is 108 Å². The van der Waals surface area contributed by atoms with E-state index >= 15 is 0 Å². The highest BCUT2D eigenvalue weighted by atomic mass is 79.9. The number of nitrogens with one attached hydrogen (secondary N) is 2. The Kier molecular flexibility index (Phi) is 3.28. The Morgan fingerprint density at radius 3 is 2.47 bits per heavy atom. The molecule has 0 aliphatic carbocycles. The van der Waals surface area contributed by atoms with Crippen LogP contribution >= 0.6 is 15.9 Å². The van der Waals surface area contributed by atoms with Crippen molar-refractivity contribution in [3.8, 4) is 0 Å². The van der Waals surface area contributed by atoms with Gasteiger partial charge in [-0.1, -0.05) is 15.9 Å². The molecule has 2 aromatic rings. The molecule has 17 heavy (non-hydrogen) atoms. The molecule has 0 atom stereocenters. The van der Waals surface area contributed by atoms with Crippen molar-refractivity contribution in [2.24, 2.45) is 0 Å². The summed E-state index contributed by atoms with van der Waals surface area (Å²) in [5.74, 6) is -0.200. The summed E-state index contributed by atoms with van der Waals surface area (Å²) in [7, 11) is 0. The number of anilines is 1. The third kappa shape index (κ3) is 2.55. The largest absolute Gasteiger partial charge is 0.321 e. The summed E-state index contributed by atoms with van der Waals surface area (Å²) in [6.07, 6.45) is 0. The molecule has 1 aromatic carbocycles. The number of H-pyrrole nitrogens is 1. The molecule has 0 saturated heterocycles. The van der Waals surface area contributed by atoms with E-state index in [4.69, 9.17) is 0 Å². The molecule has 88 valence electrons. The fourth-order valence-corrected chi connectivity index (χ4v) is 1.69. The Morgan fingerprint density at radius 1 is 1.29 bits per heavy atom. The summed E-state index contributed by atoms with van der Waals surface area (Å²) in [5.41, 5.74) is 2.97. The second-order valence-electron chi connectivity index (χ2n) is 3.78. The lowest BCUT2D eigenvalue weighted by molar-refractivity contribution is 0.102. The average molecular weight is 294 g/mol. The van der Waals surface area contributed by atoms with Gasteiger partial charge in [-0.3, -0.25) is 9.89 Å². The monoisotopic (exact) mass is 293 g/mol. The van der Waals surface area contributed by atoms with Crippen molar-refractivity contribution in [1.29, 1.82) is 0 Å². The van der Waals surface area contributed by atoms with Gasteiger partial charge < -0.3 is 5.32 Å². The van der Waals surface area contributed by atoms with Crippen LogP contribution in [0.5, 0.6) is 0 Å². The number of aromatic nitrogens is 2. The quantitative estimate of drug-likeness (QED) is 0.894. The van der Waals surface area contributed by atoms with E-state index in [0.29, 0.717) is 5.69 Å². The molecule has 2 N–H and O–H groups in total. The number of aryl methyl sites for hydroxylation is 1. The van der Waals surface area contributed by atoms with Gasteiger partial charge in [0.2, 0.25) is 0 Å². The lowest BCUT2D eigenvalue weighted by Gasteiger charge is -2.03. The van der Waals surface area contributed by atoms with Gasteiger partial charge in [0, 0.05) is 21.4 Å². The molecule has 1 amide bonds. The van der Waals surface area contributed by atoms with Crippen LogP contribution in [0.2, 0.25) is 0 Å². The van der Waals surface area contributed by atoms with E-state index in [1.165, 1.54) is 0 Å². The van der Waals surface area contributed by atoms with Gasteiger partial charge in [0.05, 0.1) is 0 Å². The number of hydrogen-bond donors (Lipinski definition) is 2. The summed E-state index contributed by atoms with van der Waals surface area (Å²) in [6.45, 7) is 3.76. The Bertz CT molecular complexity index is 545. The van der Waals surface area contributed by atoms with Crippen molar-refractivity contribution in [3.63, 3.8) is 0 Å². The van der Waals surface area contributed by atoms with Crippen molar-refractivity contribution < 1.29 is 4.79 Å². The molecule has 0 radical (unpaired) electrons. The van der Waals surface area contributed by atoms with E-state index < -0.39 is 0 Å². The van der Waals surface area contributed by atoms with E-state index in [2.05, 4.69) is 31.4 Å². The topological polar surface area (TPSA) is 57.8 Å². The zero-order valence-electron chi connectivity index (χ0n) is 9.54. The number of carbonyl (C=O) groups is 1. The molecule has 5 heteroatoms. The lowest BCUT2D eigenvalue weighted by Crippen LogP contribution is -2.13. The maximum absolute atomic E-state index is 11.9. The first kappa shape index (κ1) is 11.9. The standard InChI is InChI=1S/C12H12BrN3O/c1-7-8(2)15-16-11(7)12(17)14-10-5-3-9(13)4-6-10/h3-6H,1-2H3,(H,14,17)(H,15,16). The van der Waals surface area contributed by atoms with Gasteiger partial charge in [-0.25, -0.2) is 0 Å². The highest BCUT2D eigenvalue weighted by Gasteiger charge is 2.14. The minimum Gasteiger partial charge on any atom is -0.321 e. The number of halogens is 1. The van der Waals surface area contributed by atoms with Crippen molar-refractivity contribution in [2.45, 2.75) is 13.8 Å². The fraction of sp³-hybridized carbons (Fsp3) is 0.167. The molecule has 0 saturated carbocycles. The van der Waals surface area contributed by atoms with Gasteiger partial charge in [0.15, 0.2) is 5.69 Å². The summed E-state index contributed by atoms with van der Waals surface area (Å²) in [6, 6.07) is 7.41. The molecule has 0 aliphatic heterocycles. The zero-order valence-corrected chi connectivity index (χ0v) is 11.1. The van der Waals surface area contributed by atoms with Crippen LogP contribution in [0.15, 0.2) is 28.7 Å². The smallest absolute Gasteiger partial charge is 0.276 e. The molecule has 2 rings (SSSR count). The van der Waals surface area contributed by atoms with Crippen molar-refractivity contribution in [3.05, 3.63) is 45.7 Å². The third-order valence-electron chi connectivity index (χ3n) is 2.57. The van der Waals surface area contributed by atoms with Crippen LogP contribution in [0, 0.1) is 13.8 Å². The van der Waals surface area contributed by atoms with Crippen molar-refractivity contribution in [2.75, 3.05) is 5.32 Å². The molecule has 1 aromatic heterocycles. The van der Waals surface area contributed by atoms with E-state index in [0.717, 1.165) is 21.4 Å². The van der Waals surface area contributed by atoms with Gasteiger partial charge in [0.1, 0.15) is 0 Å². The molecular weight excluding hydrogens is 282 g/mol. The highest BCUT2D eigenvalue weighted by Crippen LogP contribution is 2.16. The Balaban J connectivity index is 2.17. The number of hydrogen-bond acceptors (Lipinski definition) is 2. The second kappa shape index (κ2) is 4.71. The number of aromatic amines is 1. The lowest BCUT2D eigenvalue weighted by atomic mass is 10.2. The summed E-state index contributed by atoms with van der Waals surface area (Å²) >= 11 is 3.34. The zero-order chi connectivity index (χ0) is 12.4. The van der Waals surface area contributed by atoms with Crippen LogP contribution in [0.4, 0.5) is 5.69 Å². The van der Waals surface area contributed by atoms with Crippen LogP contribution in [0.25, 0.3) is 0 Å². The van der Waals surface area contributed by atoms with E-state index in [1.807, 2.05) is 38.1 Å². The third-order valence-corrected chi connectivity index (χ3v) is 3.10. The first-order valence-corrected chi connectivity index (χ1v) is 5.95. The summed E-state index contributed by atoms with van der Waals surface area (Å²) in [4.78, 5) is 11.9. The minimum atomic E-state index is -0.200. The number of carbonyl (C=O) groups excluding carboxylic acids is 1. The van der Waals surface area contributed by atoms with Crippen LogP contribution in [-0.4, -0.2) is 16.1 Å². The van der Waals surface area contributed by atoms with Gasteiger partial charge in [-0.15, -0.1) is 0 Å². The molecular formula is C12H12BrN3O. The maximum Gasteiger partial charge on any atom is 0.276 e. The fourth-order valence-electron chi connectivity index (χ4n) is 1.43.